The summed E-state index contributed by atoms with van der Waals surface area (Å²) in [4.78, 5) is 20.4. The Balaban J connectivity index is 1.97. The van der Waals surface area contributed by atoms with E-state index in [2.05, 4.69) is 15.3 Å². The van der Waals surface area contributed by atoms with Gasteiger partial charge in [0.15, 0.2) is 6.10 Å². The van der Waals surface area contributed by atoms with Crippen LogP contribution in [0.4, 0.5) is 22.0 Å². The van der Waals surface area contributed by atoms with Crippen molar-refractivity contribution >= 4 is 5.91 Å². The molecule has 0 radical (unpaired) electrons. The molecule has 0 spiro atoms. The first-order chi connectivity index (χ1) is 14.5. The van der Waals surface area contributed by atoms with Crippen molar-refractivity contribution in [3.63, 3.8) is 0 Å². The topological polar surface area (TPSA) is 75.1 Å². The quantitative estimate of drug-likeness (QED) is 0.576. The molecule has 0 saturated heterocycles. The van der Waals surface area contributed by atoms with Crippen LogP contribution in [0, 0.1) is 11.6 Å². The zero-order valence-corrected chi connectivity index (χ0v) is 16.0. The van der Waals surface area contributed by atoms with Crippen LogP contribution in [0.5, 0.6) is 0 Å². The summed E-state index contributed by atoms with van der Waals surface area (Å²) in [7, 11) is 0. The molecular weight excluding hydrogens is 421 g/mol. The lowest BCUT2D eigenvalue weighted by Crippen LogP contribution is -2.28. The molecule has 3 aromatic rings. The van der Waals surface area contributed by atoms with E-state index in [4.69, 9.17) is 0 Å². The van der Waals surface area contributed by atoms with Gasteiger partial charge in [0, 0.05) is 11.1 Å². The van der Waals surface area contributed by atoms with E-state index in [0.717, 1.165) is 36.7 Å². The lowest BCUT2D eigenvalue weighted by Gasteiger charge is -2.18. The molecule has 31 heavy (non-hydrogen) atoms. The first-order valence-electron chi connectivity index (χ1n) is 8.98. The number of pyridine rings is 2. The van der Waals surface area contributed by atoms with Gasteiger partial charge in [-0.05, 0) is 55.0 Å². The minimum absolute atomic E-state index is 0.0820. The number of carbonyl (C=O) groups is 1. The van der Waals surface area contributed by atoms with Crippen LogP contribution in [0.15, 0.2) is 54.9 Å². The summed E-state index contributed by atoms with van der Waals surface area (Å²) in [5, 5.41) is 12.2. The van der Waals surface area contributed by atoms with Crippen molar-refractivity contribution in [3.05, 3.63) is 83.3 Å². The molecule has 10 heteroatoms. The van der Waals surface area contributed by atoms with E-state index in [-0.39, 0.29) is 16.8 Å². The van der Waals surface area contributed by atoms with Crippen LogP contribution in [0.25, 0.3) is 11.3 Å². The molecule has 0 fully saturated rings. The van der Waals surface area contributed by atoms with E-state index in [0.29, 0.717) is 5.69 Å². The number of aromatic nitrogens is 2. The highest BCUT2D eigenvalue weighted by Crippen LogP contribution is 2.35. The Labute approximate surface area is 173 Å². The zero-order chi connectivity index (χ0) is 22.8. The highest BCUT2D eigenvalue weighted by Gasteiger charge is 2.39. The summed E-state index contributed by atoms with van der Waals surface area (Å²) >= 11 is 0. The van der Waals surface area contributed by atoms with Gasteiger partial charge in [0.05, 0.1) is 29.8 Å². The Hall–Kier alpha value is -3.40. The summed E-state index contributed by atoms with van der Waals surface area (Å²) in [5.41, 5.74) is -0.232. The molecule has 1 amide bonds. The monoisotopic (exact) mass is 437 g/mol. The number of rotatable bonds is 5. The number of alkyl halides is 3. The third-order valence-electron chi connectivity index (χ3n) is 4.41. The average Bonchev–Trinajstić information content (AvgIpc) is 2.73. The van der Waals surface area contributed by atoms with Crippen LogP contribution < -0.4 is 5.32 Å². The smallest absolute Gasteiger partial charge is 0.379 e. The fourth-order valence-electron chi connectivity index (χ4n) is 2.82. The van der Waals surface area contributed by atoms with Gasteiger partial charge >= 0.3 is 6.18 Å². The third kappa shape index (κ3) is 5.40. The Morgan fingerprint density at radius 1 is 1.00 bits per heavy atom. The fourth-order valence-corrected chi connectivity index (χ4v) is 2.82. The molecule has 2 N–H and O–H groups in total. The van der Waals surface area contributed by atoms with E-state index in [1.54, 1.807) is 6.92 Å². The first-order valence-corrected chi connectivity index (χ1v) is 8.98. The number of aliphatic hydroxyl groups is 1. The molecular formula is C21H16F5N3O2. The molecule has 0 aliphatic heterocycles. The molecule has 2 aromatic heterocycles. The van der Waals surface area contributed by atoms with Gasteiger partial charge in [0.25, 0.3) is 5.91 Å². The second-order valence-corrected chi connectivity index (χ2v) is 6.75. The number of benzene rings is 1. The molecule has 2 heterocycles. The Kier molecular flexibility index (Phi) is 6.30. The molecule has 0 aliphatic carbocycles. The Morgan fingerprint density at radius 3 is 2.19 bits per heavy atom. The molecule has 162 valence electrons. The van der Waals surface area contributed by atoms with Crippen LogP contribution in [0.3, 0.4) is 0 Å². The number of amides is 1. The number of nitrogens with one attached hydrogen (secondary N) is 1. The third-order valence-corrected chi connectivity index (χ3v) is 4.41. The highest BCUT2D eigenvalue weighted by molar-refractivity contribution is 5.96. The van der Waals surface area contributed by atoms with E-state index in [9.17, 15) is 31.9 Å². The normalized spacial score (nSPS) is 13.5. The first kappa shape index (κ1) is 22.3. The maximum atomic E-state index is 13.2. The van der Waals surface area contributed by atoms with E-state index in [1.807, 2.05) is 0 Å². The number of hydrogen-bond acceptors (Lipinski definition) is 4. The van der Waals surface area contributed by atoms with Crippen molar-refractivity contribution in [2.75, 3.05) is 0 Å². The van der Waals surface area contributed by atoms with Crippen LogP contribution in [0.1, 0.15) is 40.7 Å². The molecule has 0 saturated carbocycles. The van der Waals surface area contributed by atoms with Crippen LogP contribution in [-0.4, -0.2) is 27.2 Å². The SMILES string of the molecule is C[C@@H](NC(=O)c1cc(-c2ccc(F)cn2)cc(C(O)C(F)(F)F)c1)c1ccc(F)cn1. The molecule has 0 bridgehead atoms. The van der Waals surface area contributed by atoms with Crippen LogP contribution in [0.2, 0.25) is 0 Å². The maximum absolute atomic E-state index is 13.2. The second-order valence-electron chi connectivity index (χ2n) is 6.75. The zero-order valence-electron chi connectivity index (χ0n) is 16.0. The van der Waals surface area contributed by atoms with Gasteiger partial charge in [-0.3, -0.25) is 14.8 Å². The van der Waals surface area contributed by atoms with Gasteiger partial charge in [-0.2, -0.15) is 13.2 Å². The van der Waals surface area contributed by atoms with Gasteiger partial charge < -0.3 is 10.4 Å². The summed E-state index contributed by atoms with van der Waals surface area (Å²) < 4.78 is 65.4. The minimum Gasteiger partial charge on any atom is -0.379 e. The predicted octanol–water partition coefficient (Wildman–Crippen LogP) is 4.51. The largest absolute Gasteiger partial charge is 0.418 e. The van der Waals surface area contributed by atoms with E-state index >= 15 is 0 Å². The number of nitrogens with zero attached hydrogens (tertiary/aromatic N) is 2. The van der Waals surface area contributed by atoms with Crippen molar-refractivity contribution in [2.24, 2.45) is 0 Å². The van der Waals surface area contributed by atoms with Gasteiger partial charge in [0.2, 0.25) is 0 Å². The fraction of sp³-hybridized carbons (Fsp3) is 0.190. The summed E-state index contributed by atoms with van der Waals surface area (Å²) in [6.07, 6.45) is -5.95. The average molecular weight is 437 g/mol. The molecule has 2 atom stereocenters. The van der Waals surface area contributed by atoms with Crippen molar-refractivity contribution in [3.8, 4) is 11.3 Å². The Morgan fingerprint density at radius 2 is 1.65 bits per heavy atom. The Bertz CT molecular complexity index is 1070. The van der Waals surface area contributed by atoms with Gasteiger partial charge in [-0.15, -0.1) is 0 Å². The van der Waals surface area contributed by atoms with E-state index < -0.39 is 41.4 Å². The summed E-state index contributed by atoms with van der Waals surface area (Å²) in [5.74, 6) is -1.96. The molecule has 3 rings (SSSR count). The van der Waals surface area contributed by atoms with Crippen molar-refractivity contribution in [1.29, 1.82) is 0 Å². The minimum atomic E-state index is -4.96. The molecule has 0 aliphatic rings. The van der Waals surface area contributed by atoms with Gasteiger partial charge in [-0.1, -0.05) is 0 Å². The van der Waals surface area contributed by atoms with Gasteiger partial charge in [0.1, 0.15) is 11.6 Å². The van der Waals surface area contributed by atoms with Crippen molar-refractivity contribution in [1.82, 2.24) is 15.3 Å². The maximum Gasteiger partial charge on any atom is 0.418 e. The highest BCUT2D eigenvalue weighted by atomic mass is 19.4. The predicted molar refractivity (Wildman–Crippen MR) is 101 cm³/mol. The van der Waals surface area contributed by atoms with Crippen molar-refractivity contribution in [2.45, 2.75) is 25.2 Å². The lowest BCUT2D eigenvalue weighted by molar-refractivity contribution is -0.206. The lowest BCUT2D eigenvalue weighted by atomic mass is 9.98. The summed E-state index contributed by atoms with van der Waals surface area (Å²) in [6, 6.07) is 7.34. The van der Waals surface area contributed by atoms with Crippen LogP contribution in [-0.2, 0) is 0 Å². The van der Waals surface area contributed by atoms with Crippen molar-refractivity contribution < 1.29 is 31.9 Å². The second kappa shape index (κ2) is 8.76. The molecule has 1 unspecified atom stereocenters. The summed E-state index contributed by atoms with van der Waals surface area (Å²) in [6.45, 7) is 1.56. The molecule has 5 nitrogen and oxygen atoms in total. The van der Waals surface area contributed by atoms with Crippen LogP contribution >= 0.6 is 0 Å². The molecule has 1 aromatic carbocycles. The van der Waals surface area contributed by atoms with Gasteiger partial charge in [-0.25, -0.2) is 8.78 Å². The number of aliphatic hydroxyl groups excluding tert-OH is 1. The number of halogens is 5. The number of carbonyl (C=O) groups excluding carboxylic acids is 1. The standard InChI is InChI=1S/C21H16F5N3O2/c1-11(17-4-2-15(22)9-27-17)29-20(31)14-7-12(18-5-3-16(23)10-28-18)6-13(8-14)19(30)21(24,25)26/h2-11,19,30H,1H3,(H,29,31)/t11-,19?/m1/s1. The number of hydrogen-bond donors (Lipinski definition) is 2. The van der Waals surface area contributed by atoms with E-state index in [1.165, 1.54) is 18.2 Å².